The van der Waals surface area contributed by atoms with Gasteiger partial charge in [-0.25, -0.2) is 0 Å². The maximum Gasteiger partial charge on any atom is 0.221 e. The van der Waals surface area contributed by atoms with Crippen LogP contribution in [0.5, 0.6) is 11.5 Å². The molecule has 8 heteroatoms. The molecule has 4 rings (SSSR count). The van der Waals surface area contributed by atoms with Gasteiger partial charge in [0.1, 0.15) is 11.5 Å². The lowest BCUT2D eigenvalue weighted by molar-refractivity contribution is -0.114. The van der Waals surface area contributed by atoms with Gasteiger partial charge in [0, 0.05) is 21.4 Å². The van der Waals surface area contributed by atoms with Gasteiger partial charge in [0.05, 0.1) is 23.6 Å². The van der Waals surface area contributed by atoms with Crippen LogP contribution in [0, 0.1) is 0 Å². The van der Waals surface area contributed by atoms with Crippen molar-refractivity contribution in [1.29, 1.82) is 0 Å². The van der Waals surface area contributed by atoms with E-state index in [0.717, 1.165) is 57.4 Å². The number of nitrogens with one attached hydrogen (secondary N) is 1. The van der Waals surface area contributed by atoms with Crippen molar-refractivity contribution in [3.63, 3.8) is 0 Å². The van der Waals surface area contributed by atoms with Gasteiger partial charge in [-0.15, -0.1) is 0 Å². The molecule has 34 heavy (non-hydrogen) atoms. The number of carbonyl (C=O) groups is 1. The summed E-state index contributed by atoms with van der Waals surface area (Å²) in [7, 11) is 0. The zero-order chi connectivity index (χ0) is 24.5. The summed E-state index contributed by atoms with van der Waals surface area (Å²) in [6.45, 7) is 3.27. The molecular weight excluding hydrogens is 564 g/mol. The molecular formula is C26H32Br2N2O4. The largest absolute Gasteiger partial charge is 0.490 e. The maximum atomic E-state index is 11.1. The van der Waals surface area contributed by atoms with Gasteiger partial charge in [-0.05, 0) is 94.7 Å². The molecule has 184 valence electrons. The molecule has 0 radical (unpaired) electrons. The number of rotatable bonds is 6. The molecule has 0 bridgehead atoms. The van der Waals surface area contributed by atoms with Crippen molar-refractivity contribution in [3.05, 3.63) is 50.9 Å². The number of carbonyl (C=O) groups excluding carboxylic acids is 1. The second kappa shape index (κ2) is 13.1. The predicted octanol–water partition coefficient (Wildman–Crippen LogP) is 7.70. The second-order valence-electron chi connectivity index (χ2n) is 8.70. The van der Waals surface area contributed by atoms with Gasteiger partial charge in [-0.3, -0.25) is 4.79 Å². The molecule has 0 aliphatic heterocycles. The minimum Gasteiger partial charge on any atom is -0.490 e. The highest BCUT2D eigenvalue weighted by Gasteiger charge is 2.19. The summed E-state index contributed by atoms with van der Waals surface area (Å²) in [5, 5.41) is 14.9. The second-order valence-corrected chi connectivity index (χ2v) is 10.5. The van der Waals surface area contributed by atoms with Crippen LogP contribution >= 0.6 is 31.9 Å². The number of hydrogen-bond donors (Lipinski definition) is 2. The van der Waals surface area contributed by atoms with E-state index >= 15 is 0 Å². The normalized spacial score (nSPS) is 16.6. The minimum absolute atomic E-state index is 0.0839. The zero-order valence-corrected chi connectivity index (χ0v) is 22.8. The SMILES string of the molecule is CC(=NO)c1cc(Br)ccc1OC1CCCC1.CC(=O)Nc1cc(Br)ccc1OC1CCCC1. The van der Waals surface area contributed by atoms with Crippen LogP contribution < -0.4 is 14.8 Å². The lowest BCUT2D eigenvalue weighted by Gasteiger charge is -2.16. The first-order valence-electron chi connectivity index (χ1n) is 11.7. The number of halogens is 2. The topological polar surface area (TPSA) is 80.2 Å². The summed E-state index contributed by atoms with van der Waals surface area (Å²) in [5.74, 6) is 1.48. The third-order valence-corrected chi connectivity index (χ3v) is 6.91. The molecule has 2 aliphatic rings. The highest BCUT2D eigenvalue weighted by atomic mass is 79.9. The fraction of sp³-hybridized carbons (Fsp3) is 0.462. The van der Waals surface area contributed by atoms with E-state index in [9.17, 15) is 4.79 Å². The maximum absolute atomic E-state index is 11.1. The van der Waals surface area contributed by atoms with Crippen molar-refractivity contribution in [3.8, 4) is 11.5 Å². The molecule has 2 fully saturated rings. The van der Waals surface area contributed by atoms with Crippen molar-refractivity contribution in [2.75, 3.05) is 5.32 Å². The third-order valence-electron chi connectivity index (χ3n) is 5.93. The van der Waals surface area contributed by atoms with Crippen LogP contribution in [-0.4, -0.2) is 29.0 Å². The summed E-state index contributed by atoms with van der Waals surface area (Å²) in [4.78, 5) is 11.1. The lowest BCUT2D eigenvalue weighted by atomic mass is 10.1. The number of oxime groups is 1. The van der Waals surface area contributed by atoms with Crippen molar-refractivity contribution >= 4 is 49.2 Å². The Balaban J connectivity index is 0.000000191. The molecule has 0 heterocycles. The average molecular weight is 596 g/mol. The molecule has 1 amide bonds. The Labute approximate surface area is 218 Å². The molecule has 2 saturated carbocycles. The van der Waals surface area contributed by atoms with E-state index in [2.05, 4.69) is 42.3 Å². The fourth-order valence-electron chi connectivity index (χ4n) is 4.21. The zero-order valence-electron chi connectivity index (χ0n) is 19.7. The summed E-state index contributed by atoms with van der Waals surface area (Å²) in [5.41, 5.74) is 2.15. The standard InChI is InChI=1S/2C13H16BrNO2/c1-9(16)15-12-8-10(14)6-7-13(12)17-11-4-2-3-5-11;1-9(15-16)12-8-10(14)6-7-13(12)17-11-4-2-3-5-11/h6-8,11H,2-5H2,1H3,(H,15,16);6-8,11,16H,2-5H2,1H3. The van der Waals surface area contributed by atoms with Crippen molar-refractivity contribution < 1.29 is 19.5 Å². The van der Waals surface area contributed by atoms with E-state index in [1.54, 1.807) is 6.92 Å². The number of nitrogens with zero attached hydrogens (tertiary/aromatic N) is 1. The van der Waals surface area contributed by atoms with E-state index in [1.807, 2.05) is 36.4 Å². The van der Waals surface area contributed by atoms with Crippen molar-refractivity contribution in [2.24, 2.45) is 5.16 Å². The third kappa shape index (κ3) is 8.01. The Kier molecular flexibility index (Phi) is 10.3. The Morgan fingerprint density at radius 1 is 0.882 bits per heavy atom. The quantitative estimate of drug-likeness (QED) is 0.204. The Morgan fingerprint density at radius 3 is 1.91 bits per heavy atom. The van der Waals surface area contributed by atoms with Gasteiger partial charge in [0.25, 0.3) is 0 Å². The Bertz CT molecular complexity index is 1000. The molecule has 2 N–H and O–H groups in total. The first-order valence-corrected chi connectivity index (χ1v) is 13.3. The number of hydrogen-bond acceptors (Lipinski definition) is 5. The molecule has 0 atom stereocenters. The smallest absolute Gasteiger partial charge is 0.221 e. The van der Waals surface area contributed by atoms with Crippen LogP contribution in [0.3, 0.4) is 0 Å². The highest BCUT2D eigenvalue weighted by Crippen LogP contribution is 2.32. The number of ether oxygens (including phenoxy) is 2. The molecule has 0 saturated heterocycles. The van der Waals surface area contributed by atoms with Crippen LogP contribution in [-0.2, 0) is 4.79 Å². The molecule has 2 aromatic rings. The van der Waals surface area contributed by atoms with Crippen molar-refractivity contribution in [1.82, 2.24) is 0 Å². The Morgan fingerprint density at radius 2 is 1.38 bits per heavy atom. The van der Waals surface area contributed by atoms with Crippen LogP contribution in [0.25, 0.3) is 0 Å². The first-order chi connectivity index (χ1) is 16.4. The summed E-state index contributed by atoms with van der Waals surface area (Å²) in [6, 6.07) is 11.5. The van der Waals surface area contributed by atoms with Gasteiger partial charge in [-0.2, -0.15) is 0 Å². The van der Waals surface area contributed by atoms with E-state index in [0.29, 0.717) is 17.9 Å². The summed E-state index contributed by atoms with van der Waals surface area (Å²) >= 11 is 6.81. The molecule has 6 nitrogen and oxygen atoms in total. The van der Waals surface area contributed by atoms with Gasteiger partial charge < -0.3 is 20.0 Å². The van der Waals surface area contributed by atoms with Crippen LogP contribution in [0.4, 0.5) is 5.69 Å². The van der Waals surface area contributed by atoms with E-state index in [4.69, 9.17) is 14.7 Å². The number of amides is 1. The van der Waals surface area contributed by atoms with Gasteiger partial charge in [-0.1, -0.05) is 37.0 Å². The molecule has 2 aliphatic carbocycles. The van der Waals surface area contributed by atoms with Crippen LogP contribution in [0.1, 0.15) is 70.8 Å². The van der Waals surface area contributed by atoms with E-state index in [-0.39, 0.29) is 5.91 Å². The molecule has 0 spiro atoms. The average Bonchev–Trinajstić information content (AvgIpc) is 3.51. The first kappa shape index (κ1) is 26.5. The van der Waals surface area contributed by atoms with Gasteiger partial charge >= 0.3 is 0 Å². The van der Waals surface area contributed by atoms with Crippen molar-refractivity contribution in [2.45, 2.75) is 77.4 Å². The van der Waals surface area contributed by atoms with Gasteiger partial charge in [0.15, 0.2) is 0 Å². The highest BCUT2D eigenvalue weighted by molar-refractivity contribution is 9.10. The van der Waals surface area contributed by atoms with E-state index < -0.39 is 0 Å². The van der Waals surface area contributed by atoms with E-state index in [1.165, 1.54) is 32.6 Å². The fourth-order valence-corrected chi connectivity index (χ4v) is 4.93. The van der Waals surface area contributed by atoms with Gasteiger partial charge in [0.2, 0.25) is 5.91 Å². The number of benzene rings is 2. The lowest BCUT2D eigenvalue weighted by Crippen LogP contribution is -2.14. The van der Waals surface area contributed by atoms with Crippen LogP contribution in [0.15, 0.2) is 50.5 Å². The monoisotopic (exact) mass is 594 g/mol. The Hall–Kier alpha value is -2.06. The predicted molar refractivity (Wildman–Crippen MR) is 142 cm³/mol. The number of anilines is 1. The molecule has 2 aromatic carbocycles. The molecule has 0 aromatic heterocycles. The summed E-state index contributed by atoms with van der Waals surface area (Å²) in [6.07, 6.45) is 9.99. The summed E-state index contributed by atoms with van der Waals surface area (Å²) < 4.78 is 13.8. The van der Waals surface area contributed by atoms with Crippen LogP contribution in [0.2, 0.25) is 0 Å². The molecule has 0 unspecified atom stereocenters. The minimum atomic E-state index is -0.0839.